The monoisotopic (exact) mass is 414 g/mol. The van der Waals surface area contributed by atoms with Gasteiger partial charge in [0.25, 0.3) is 0 Å². The first kappa shape index (κ1) is 20.7. The minimum Gasteiger partial charge on any atom is -0.357 e. The maximum atomic E-state index is 8.78. The van der Waals surface area contributed by atoms with Gasteiger partial charge >= 0.3 is 0 Å². The summed E-state index contributed by atoms with van der Waals surface area (Å²) in [5.74, 6) is 0.860. The first-order valence-corrected chi connectivity index (χ1v) is 7.81. The number of benzene rings is 1. The Hall–Kier alpha value is -1.29. The molecule has 0 aliphatic heterocycles. The van der Waals surface area contributed by atoms with E-state index in [1.165, 1.54) is 25.7 Å². The fourth-order valence-corrected chi connectivity index (χ4v) is 1.96. The molecular formula is C17H27IN4. The molecule has 0 saturated carbocycles. The molecule has 0 aromatic heterocycles. The summed E-state index contributed by atoms with van der Waals surface area (Å²) in [5.41, 5.74) is 1.79. The number of nitrogens with zero attached hydrogens (tertiary/aromatic N) is 2. The van der Waals surface area contributed by atoms with Crippen molar-refractivity contribution in [2.24, 2.45) is 4.99 Å². The average molecular weight is 414 g/mol. The highest BCUT2D eigenvalue weighted by molar-refractivity contribution is 14.0. The second-order valence-electron chi connectivity index (χ2n) is 4.99. The molecule has 0 aliphatic carbocycles. The Balaban J connectivity index is 0.00000441. The summed E-state index contributed by atoms with van der Waals surface area (Å²) >= 11 is 0. The molecule has 5 heteroatoms. The Morgan fingerprint density at radius 1 is 1.09 bits per heavy atom. The number of unbranched alkanes of at least 4 members (excludes halogenated alkanes) is 3. The van der Waals surface area contributed by atoms with Crippen LogP contribution < -0.4 is 10.6 Å². The number of nitriles is 1. The normalized spacial score (nSPS) is 10.5. The standard InChI is InChI=1S/C17H26N4.HI/c1-3-5-6-7-12-20-17(19-4-2)21-14-16-10-8-15(13-18)9-11-16;/h8-11H,3-7,12,14H2,1-2H3,(H2,19,20,21);1H. The van der Waals surface area contributed by atoms with Gasteiger partial charge in [0, 0.05) is 13.1 Å². The highest BCUT2D eigenvalue weighted by Crippen LogP contribution is 2.04. The van der Waals surface area contributed by atoms with E-state index in [0.29, 0.717) is 12.1 Å². The molecule has 0 radical (unpaired) electrons. The van der Waals surface area contributed by atoms with E-state index in [4.69, 9.17) is 5.26 Å². The lowest BCUT2D eigenvalue weighted by molar-refractivity contribution is 0.647. The SMILES string of the molecule is CCCCCCNC(=NCc1ccc(C#N)cc1)NCC.I. The molecule has 0 bridgehead atoms. The average Bonchev–Trinajstić information content (AvgIpc) is 2.52. The molecule has 0 atom stereocenters. The van der Waals surface area contributed by atoms with Gasteiger partial charge < -0.3 is 10.6 Å². The van der Waals surface area contributed by atoms with E-state index in [1.54, 1.807) is 0 Å². The second kappa shape index (κ2) is 13.4. The van der Waals surface area contributed by atoms with Crippen LogP contribution in [-0.2, 0) is 6.54 Å². The lowest BCUT2D eigenvalue weighted by Gasteiger charge is -2.11. The van der Waals surface area contributed by atoms with Gasteiger partial charge in [-0.3, -0.25) is 0 Å². The van der Waals surface area contributed by atoms with Gasteiger partial charge in [-0.25, -0.2) is 4.99 Å². The van der Waals surface area contributed by atoms with Crippen molar-refractivity contribution in [1.82, 2.24) is 10.6 Å². The minimum absolute atomic E-state index is 0. The molecule has 4 nitrogen and oxygen atoms in total. The van der Waals surface area contributed by atoms with Crippen LogP contribution in [0.2, 0.25) is 0 Å². The second-order valence-corrected chi connectivity index (χ2v) is 4.99. The van der Waals surface area contributed by atoms with Gasteiger partial charge in [-0.1, -0.05) is 38.3 Å². The summed E-state index contributed by atoms with van der Waals surface area (Å²) in [6.07, 6.45) is 4.99. The van der Waals surface area contributed by atoms with E-state index in [0.717, 1.165) is 24.6 Å². The molecule has 1 aromatic carbocycles. The van der Waals surface area contributed by atoms with Gasteiger partial charge in [0.2, 0.25) is 0 Å². The third-order valence-corrected chi connectivity index (χ3v) is 3.17. The largest absolute Gasteiger partial charge is 0.357 e. The summed E-state index contributed by atoms with van der Waals surface area (Å²) in [7, 11) is 0. The van der Waals surface area contributed by atoms with Crippen LogP contribution in [0.5, 0.6) is 0 Å². The first-order valence-electron chi connectivity index (χ1n) is 7.81. The topological polar surface area (TPSA) is 60.2 Å². The van der Waals surface area contributed by atoms with Gasteiger partial charge in [0.1, 0.15) is 0 Å². The molecule has 1 aromatic rings. The Morgan fingerprint density at radius 3 is 2.41 bits per heavy atom. The molecular weight excluding hydrogens is 387 g/mol. The van der Waals surface area contributed by atoms with E-state index in [-0.39, 0.29) is 24.0 Å². The number of halogens is 1. The molecule has 1 rings (SSSR count). The third-order valence-electron chi connectivity index (χ3n) is 3.17. The highest BCUT2D eigenvalue weighted by Gasteiger charge is 1.98. The predicted octanol–water partition coefficient (Wildman–Crippen LogP) is 3.81. The minimum atomic E-state index is 0. The fourth-order valence-electron chi connectivity index (χ4n) is 1.96. The van der Waals surface area contributed by atoms with Crippen LogP contribution in [0.1, 0.15) is 50.7 Å². The van der Waals surface area contributed by atoms with Crippen LogP contribution >= 0.6 is 24.0 Å². The number of rotatable bonds is 8. The lowest BCUT2D eigenvalue weighted by Crippen LogP contribution is -2.37. The number of hydrogen-bond acceptors (Lipinski definition) is 2. The van der Waals surface area contributed by atoms with Gasteiger partial charge in [0.15, 0.2) is 5.96 Å². The van der Waals surface area contributed by atoms with Gasteiger partial charge in [-0.2, -0.15) is 5.26 Å². The van der Waals surface area contributed by atoms with Crippen molar-refractivity contribution in [3.63, 3.8) is 0 Å². The molecule has 0 heterocycles. The van der Waals surface area contributed by atoms with Crippen molar-refractivity contribution in [2.45, 2.75) is 46.1 Å². The van der Waals surface area contributed by atoms with Crippen LogP contribution in [0.15, 0.2) is 29.3 Å². The lowest BCUT2D eigenvalue weighted by atomic mass is 10.1. The number of guanidine groups is 1. The van der Waals surface area contributed by atoms with Crippen molar-refractivity contribution in [2.75, 3.05) is 13.1 Å². The summed E-state index contributed by atoms with van der Waals surface area (Å²) in [4.78, 5) is 4.57. The van der Waals surface area contributed by atoms with Crippen LogP contribution in [0.3, 0.4) is 0 Å². The Bertz CT molecular complexity index is 463. The van der Waals surface area contributed by atoms with Crippen molar-refractivity contribution >= 4 is 29.9 Å². The van der Waals surface area contributed by atoms with Crippen molar-refractivity contribution < 1.29 is 0 Å². The molecule has 0 spiro atoms. The van der Waals surface area contributed by atoms with E-state index in [2.05, 4.69) is 35.5 Å². The Morgan fingerprint density at radius 2 is 1.82 bits per heavy atom. The Kier molecular flexibility index (Phi) is 12.6. The number of nitrogens with one attached hydrogen (secondary N) is 2. The van der Waals surface area contributed by atoms with Crippen LogP contribution in [0.25, 0.3) is 0 Å². The maximum absolute atomic E-state index is 8.78. The molecule has 0 saturated heterocycles. The number of hydrogen-bond donors (Lipinski definition) is 2. The zero-order valence-corrected chi connectivity index (χ0v) is 15.9. The zero-order valence-electron chi connectivity index (χ0n) is 13.6. The van der Waals surface area contributed by atoms with Crippen LogP contribution in [0, 0.1) is 11.3 Å². The third kappa shape index (κ3) is 8.88. The van der Waals surface area contributed by atoms with E-state index in [9.17, 15) is 0 Å². The van der Waals surface area contributed by atoms with Crippen LogP contribution in [0.4, 0.5) is 0 Å². The Labute approximate surface area is 151 Å². The van der Waals surface area contributed by atoms with Gasteiger partial charge in [-0.15, -0.1) is 24.0 Å². The van der Waals surface area contributed by atoms with E-state index < -0.39 is 0 Å². The maximum Gasteiger partial charge on any atom is 0.191 e. The summed E-state index contributed by atoms with van der Waals surface area (Å²) < 4.78 is 0. The van der Waals surface area contributed by atoms with Crippen molar-refractivity contribution in [3.05, 3.63) is 35.4 Å². The zero-order chi connectivity index (χ0) is 15.3. The van der Waals surface area contributed by atoms with Crippen LogP contribution in [-0.4, -0.2) is 19.0 Å². The van der Waals surface area contributed by atoms with E-state index in [1.807, 2.05) is 24.3 Å². The number of aliphatic imine (C=N–C) groups is 1. The molecule has 2 N–H and O–H groups in total. The highest BCUT2D eigenvalue weighted by atomic mass is 127. The van der Waals surface area contributed by atoms with Gasteiger partial charge in [0.05, 0.1) is 18.2 Å². The molecule has 0 amide bonds. The summed E-state index contributed by atoms with van der Waals surface area (Å²) in [5, 5.41) is 15.4. The van der Waals surface area contributed by atoms with E-state index >= 15 is 0 Å². The molecule has 0 fully saturated rings. The fraction of sp³-hybridized carbons (Fsp3) is 0.529. The predicted molar refractivity (Wildman–Crippen MR) is 104 cm³/mol. The van der Waals surface area contributed by atoms with Crippen molar-refractivity contribution in [3.8, 4) is 6.07 Å². The summed E-state index contributed by atoms with van der Waals surface area (Å²) in [6.45, 7) is 6.72. The smallest absolute Gasteiger partial charge is 0.191 e. The first-order chi connectivity index (χ1) is 10.3. The quantitative estimate of drug-likeness (QED) is 0.294. The molecule has 22 heavy (non-hydrogen) atoms. The van der Waals surface area contributed by atoms with Crippen molar-refractivity contribution in [1.29, 1.82) is 5.26 Å². The molecule has 0 aliphatic rings. The van der Waals surface area contributed by atoms with Gasteiger partial charge in [-0.05, 0) is 31.0 Å². The molecule has 122 valence electrons. The molecule has 0 unspecified atom stereocenters. The summed E-state index contributed by atoms with van der Waals surface area (Å²) in [6, 6.07) is 9.68.